The number of aryl methyl sites for hydroxylation is 1. The molecule has 0 spiro atoms. The molecule has 4 N–H and O–H groups in total. The van der Waals surface area contributed by atoms with Crippen LogP contribution in [0.3, 0.4) is 0 Å². The van der Waals surface area contributed by atoms with Gasteiger partial charge in [-0.15, -0.1) is 0 Å². The number of ether oxygens (including phenoxy) is 1. The van der Waals surface area contributed by atoms with Crippen LogP contribution in [-0.2, 0) is 11.0 Å². The Kier molecular flexibility index (Phi) is 9.88. The average Bonchev–Trinajstić information content (AvgIpc) is 3.49. The van der Waals surface area contributed by atoms with E-state index < -0.39 is 17.6 Å². The first-order valence-electron chi connectivity index (χ1n) is 15.3. The van der Waals surface area contributed by atoms with Gasteiger partial charge in [-0.2, -0.15) is 13.2 Å². The molecule has 11 heteroatoms. The SMILES string of the molecule is CNCCCN(C)C(C)c1c(C)[nH]c(/C=C2\C(=O)Nc3cc(Oc4cccc(NC(=O)c5cccc(C(F)(F)F)c5)c4)ccc32)c1C. The number of nitrogens with one attached hydrogen (secondary N) is 4. The lowest BCUT2D eigenvalue weighted by Crippen LogP contribution is -2.26. The van der Waals surface area contributed by atoms with Crippen molar-refractivity contribution in [2.75, 3.05) is 37.8 Å². The number of aromatic amines is 1. The Hall–Kier alpha value is -4.87. The second-order valence-corrected chi connectivity index (χ2v) is 11.7. The van der Waals surface area contributed by atoms with Crippen molar-refractivity contribution in [1.29, 1.82) is 0 Å². The Bertz CT molecular complexity index is 1830. The molecule has 0 aliphatic carbocycles. The molecule has 0 saturated heterocycles. The topological polar surface area (TPSA) is 98.5 Å². The summed E-state index contributed by atoms with van der Waals surface area (Å²) in [4.78, 5) is 31.6. The van der Waals surface area contributed by atoms with Gasteiger partial charge in [0.05, 0.1) is 16.8 Å². The lowest BCUT2D eigenvalue weighted by Gasteiger charge is -2.25. The van der Waals surface area contributed by atoms with Crippen LogP contribution in [0.25, 0.3) is 11.6 Å². The van der Waals surface area contributed by atoms with Gasteiger partial charge in [-0.1, -0.05) is 12.1 Å². The third-order valence-corrected chi connectivity index (χ3v) is 8.39. The van der Waals surface area contributed by atoms with E-state index in [4.69, 9.17) is 4.74 Å². The Balaban J connectivity index is 1.31. The van der Waals surface area contributed by atoms with Crippen LogP contribution in [0.1, 0.15) is 63.4 Å². The lowest BCUT2D eigenvalue weighted by molar-refractivity contribution is -0.137. The van der Waals surface area contributed by atoms with E-state index in [-0.39, 0.29) is 17.5 Å². The molecule has 246 valence electrons. The Labute approximate surface area is 272 Å². The highest BCUT2D eigenvalue weighted by atomic mass is 19.4. The van der Waals surface area contributed by atoms with Crippen LogP contribution in [0.2, 0.25) is 0 Å². The van der Waals surface area contributed by atoms with Crippen molar-refractivity contribution in [3.8, 4) is 11.5 Å². The molecule has 1 aliphatic heterocycles. The summed E-state index contributed by atoms with van der Waals surface area (Å²) in [6.07, 6.45) is -1.62. The van der Waals surface area contributed by atoms with E-state index in [0.29, 0.717) is 28.4 Å². The summed E-state index contributed by atoms with van der Waals surface area (Å²) in [6, 6.07) is 16.2. The molecule has 0 fully saturated rings. The van der Waals surface area contributed by atoms with Crippen LogP contribution in [0.5, 0.6) is 11.5 Å². The van der Waals surface area contributed by atoms with Crippen LogP contribution in [-0.4, -0.2) is 48.9 Å². The van der Waals surface area contributed by atoms with E-state index in [9.17, 15) is 22.8 Å². The summed E-state index contributed by atoms with van der Waals surface area (Å²) in [5.74, 6) is -0.0572. The number of halogens is 3. The number of carbonyl (C=O) groups excluding carboxylic acids is 2. The van der Waals surface area contributed by atoms with Gasteiger partial charge in [-0.25, -0.2) is 0 Å². The second-order valence-electron chi connectivity index (χ2n) is 11.7. The summed E-state index contributed by atoms with van der Waals surface area (Å²) >= 11 is 0. The van der Waals surface area contributed by atoms with E-state index in [1.807, 2.05) is 19.2 Å². The van der Waals surface area contributed by atoms with Crippen molar-refractivity contribution in [3.63, 3.8) is 0 Å². The van der Waals surface area contributed by atoms with Gasteiger partial charge >= 0.3 is 6.18 Å². The standard InChI is InChI=1S/C36H38F3N5O3/c1-21-31(41-22(2)33(21)23(3)44(5)16-8-15-40-4)20-30-29-14-13-28(19-32(29)43-35(30)46)47-27-12-7-11-26(18-27)42-34(45)24-9-6-10-25(17-24)36(37,38)39/h6-7,9-14,17-20,23,40-41H,8,15-16H2,1-5H3,(H,42,45)(H,43,46)/b30-20-. The minimum absolute atomic E-state index is 0.118. The maximum Gasteiger partial charge on any atom is 0.416 e. The number of H-pyrrole nitrogens is 1. The number of benzene rings is 3. The molecule has 8 nitrogen and oxygen atoms in total. The predicted octanol–water partition coefficient (Wildman–Crippen LogP) is 7.79. The van der Waals surface area contributed by atoms with Crippen molar-refractivity contribution < 1.29 is 27.5 Å². The first-order valence-corrected chi connectivity index (χ1v) is 15.3. The minimum atomic E-state index is -4.55. The number of hydrogen-bond donors (Lipinski definition) is 4. The van der Waals surface area contributed by atoms with Crippen molar-refractivity contribution in [1.82, 2.24) is 15.2 Å². The van der Waals surface area contributed by atoms with Gasteiger partial charge in [0.1, 0.15) is 11.5 Å². The largest absolute Gasteiger partial charge is 0.457 e. The van der Waals surface area contributed by atoms with E-state index in [2.05, 4.69) is 53.7 Å². The van der Waals surface area contributed by atoms with Gasteiger partial charge in [-0.05, 0) is 114 Å². The minimum Gasteiger partial charge on any atom is -0.457 e. The molecular weight excluding hydrogens is 607 g/mol. The van der Waals surface area contributed by atoms with Gasteiger partial charge in [0.25, 0.3) is 11.8 Å². The normalized spacial score (nSPS) is 14.3. The highest BCUT2D eigenvalue weighted by Gasteiger charge is 2.31. The maximum atomic E-state index is 13.1. The zero-order valence-corrected chi connectivity index (χ0v) is 26.9. The number of hydrogen-bond acceptors (Lipinski definition) is 5. The number of carbonyl (C=O) groups is 2. The van der Waals surface area contributed by atoms with Crippen molar-refractivity contribution >= 4 is 34.8 Å². The number of alkyl halides is 3. The Morgan fingerprint density at radius 3 is 2.53 bits per heavy atom. The summed E-state index contributed by atoms with van der Waals surface area (Å²) in [5, 5.41) is 8.73. The fourth-order valence-electron chi connectivity index (χ4n) is 5.82. The molecule has 1 atom stereocenters. The molecule has 1 aliphatic rings. The fourth-order valence-corrected chi connectivity index (χ4v) is 5.82. The van der Waals surface area contributed by atoms with Crippen LogP contribution >= 0.6 is 0 Å². The fraction of sp³-hybridized carbons (Fsp3) is 0.278. The van der Waals surface area contributed by atoms with Gasteiger partial charge in [0.2, 0.25) is 0 Å². The van der Waals surface area contributed by atoms with E-state index in [1.165, 1.54) is 17.7 Å². The quantitative estimate of drug-likeness (QED) is 0.0987. The summed E-state index contributed by atoms with van der Waals surface area (Å²) in [7, 11) is 4.08. The molecule has 5 rings (SSSR count). The smallest absolute Gasteiger partial charge is 0.416 e. The number of nitrogens with zero attached hydrogens (tertiary/aromatic N) is 1. The summed E-state index contributed by atoms with van der Waals surface area (Å²) < 4.78 is 45.3. The Morgan fingerprint density at radius 2 is 1.79 bits per heavy atom. The first kappa shape index (κ1) is 33.5. The lowest BCUT2D eigenvalue weighted by atomic mass is 10.00. The van der Waals surface area contributed by atoms with Crippen molar-refractivity contribution in [2.45, 2.75) is 39.4 Å². The number of fused-ring (bicyclic) bond motifs is 1. The molecular formula is C36H38F3N5O3. The predicted molar refractivity (Wildman–Crippen MR) is 179 cm³/mol. The molecule has 1 aromatic heterocycles. The molecule has 47 heavy (non-hydrogen) atoms. The Morgan fingerprint density at radius 1 is 1.04 bits per heavy atom. The molecule has 1 unspecified atom stereocenters. The van der Waals surface area contributed by atoms with Gasteiger partial charge < -0.3 is 25.7 Å². The molecule has 4 aromatic rings. The van der Waals surface area contributed by atoms with Crippen molar-refractivity contribution in [2.24, 2.45) is 0 Å². The number of aromatic nitrogens is 1. The number of rotatable bonds is 11. The van der Waals surface area contributed by atoms with Crippen LogP contribution < -0.4 is 20.7 Å². The van der Waals surface area contributed by atoms with Gasteiger partial charge in [0, 0.05) is 46.4 Å². The van der Waals surface area contributed by atoms with Crippen LogP contribution in [0.15, 0.2) is 66.7 Å². The summed E-state index contributed by atoms with van der Waals surface area (Å²) in [5.41, 5.74) is 5.49. The highest BCUT2D eigenvalue weighted by molar-refractivity contribution is 6.35. The zero-order chi connectivity index (χ0) is 33.9. The van der Waals surface area contributed by atoms with E-state index >= 15 is 0 Å². The summed E-state index contributed by atoms with van der Waals surface area (Å²) in [6.45, 7) is 8.24. The number of amides is 2. The molecule has 2 amide bonds. The molecule has 3 aromatic carbocycles. The van der Waals surface area contributed by atoms with Crippen LogP contribution in [0.4, 0.5) is 24.5 Å². The third-order valence-electron chi connectivity index (χ3n) is 8.39. The first-order chi connectivity index (χ1) is 22.3. The third kappa shape index (κ3) is 7.58. The molecule has 0 saturated carbocycles. The maximum absolute atomic E-state index is 13.1. The zero-order valence-electron chi connectivity index (χ0n) is 26.9. The number of anilines is 2. The average molecular weight is 646 g/mol. The van der Waals surface area contributed by atoms with Gasteiger partial charge in [0.15, 0.2) is 0 Å². The highest BCUT2D eigenvalue weighted by Crippen LogP contribution is 2.38. The van der Waals surface area contributed by atoms with Crippen molar-refractivity contribution in [3.05, 3.63) is 106 Å². The van der Waals surface area contributed by atoms with E-state index in [1.54, 1.807) is 36.4 Å². The monoisotopic (exact) mass is 645 g/mol. The van der Waals surface area contributed by atoms with Gasteiger partial charge in [-0.3, -0.25) is 14.5 Å². The van der Waals surface area contributed by atoms with Crippen LogP contribution in [0, 0.1) is 13.8 Å². The second kappa shape index (κ2) is 13.9. The van der Waals surface area contributed by atoms with E-state index in [0.717, 1.165) is 54.2 Å². The molecule has 0 radical (unpaired) electrons. The molecule has 2 heterocycles. The molecule has 0 bridgehead atoms.